The van der Waals surface area contributed by atoms with Crippen molar-refractivity contribution in [2.45, 2.75) is 0 Å². The lowest BCUT2D eigenvalue weighted by Crippen LogP contribution is -2.24. The highest BCUT2D eigenvalue weighted by molar-refractivity contribution is 7.80. The first-order valence-corrected chi connectivity index (χ1v) is 6.56. The van der Waals surface area contributed by atoms with Gasteiger partial charge in [0.2, 0.25) is 0 Å². The Morgan fingerprint density at radius 3 is 2.59 bits per heavy atom. The SMILES string of the molecule is O=[N+]([O-])c1ccccc1NC(=S)N/N=C\c1ccc(F)cc1. The van der Waals surface area contributed by atoms with Gasteiger partial charge in [0.25, 0.3) is 5.69 Å². The van der Waals surface area contributed by atoms with Gasteiger partial charge in [-0.15, -0.1) is 0 Å². The second kappa shape index (κ2) is 7.23. The van der Waals surface area contributed by atoms with Crippen LogP contribution in [0.4, 0.5) is 15.8 Å². The van der Waals surface area contributed by atoms with E-state index in [0.717, 1.165) is 0 Å². The van der Waals surface area contributed by atoms with Crippen LogP contribution in [0.25, 0.3) is 0 Å². The molecule has 0 unspecified atom stereocenters. The van der Waals surface area contributed by atoms with Crippen LogP contribution < -0.4 is 10.7 Å². The predicted molar refractivity (Wildman–Crippen MR) is 86.4 cm³/mol. The van der Waals surface area contributed by atoms with E-state index >= 15 is 0 Å². The second-order valence-electron chi connectivity index (χ2n) is 4.15. The van der Waals surface area contributed by atoms with Crippen molar-refractivity contribution in [3.05, 3.63) is 70.0 Å². The average molecular weight is 318 g/mol. The van der Waals surface area contributed by atoms with Crippen LogP contribution >= 0.6 is 12.2 Å². The van der Waals surface area contributed by atoms with E-state index in [1.54, 1.807) is 24.3 Å². The van der Waals surface area contributed by atoms with Gasteiger partial charge in [-0.2, -0.15) is 5.10 Å². The van der Waals surface area contributed by atoms with E-state index in [-0.39, 0.29) is 22.3 Å². The topological polar surface area (TPSA) is 79.6 Å². The molecule has 0 fully saturated rings. The molecule has 22 heavy (non-hydrogen) atoms. The van der Waals surface area contributed by atoms with Crippen LogP contribution in [0, 0.1) is 15.9 Å². The van der Waals surface area contributed by atoms with Gasteiger partial charge >= 0.3 is 0 Å². The first kappa shape index (κ1) is 15.5. The molecule has 2 rings (SSSR count). The molecule has 0 saturated carbocycles. The predicted octanol–water partition coefficient (Wildman–Crippen LogP) is 3.05. The molecule has 2 aromatic rings. The molecule has 0 aliphatic carbocycles. The number of anilines is 1. The molecule has 2 N–H and O–H groups in total. The second-order valence-corrected chi connectivity index (χ2v) is 4.56. The zero-order chi connectivity index (χ0) is 15.9. The molecule has 112 valence electrons. The molecule has 0 aliphatic rings. The Labute approximate surface area is 130 Å². The van der Waals surface area contributed by atoms with Crippen LogP contribution in [-0.2, 0) is 0 Å². The summed E-state index contributed by atoms with van der Waals surface area (Å²) in [5.41, 5.74) is 3.39. The number of nitrogens with one attached hydrogen (secondary N) is 2. The highest BCUT2D eigenvalue weighted by Gasteiger charge is 2.12. The number of halogens is 1. The van der Waals surface area contributed by atoms with Gasteiger partial charge in [-0.3, -0.25) is 15.5 Å². The van der Waals surface area contributed by atoms with Crippen molar-refractivity contribution in [3.8, 4) is 0 Å². The number of hydrogen-bond acceptors (Lipinski definition) is 4. The lowest BCUT2D eigenvalue weighted by molar-refractivity contribution is -0.383. The van der Waals surface area contributed by atoms with Crippen LogP contribution in [-0.4, -0.2) is 16.3 Å². The smallest absolute Gasteiger partial charge is 0.292 e. The largest absolute Gasteiger partial charge is 0.326 e. The number of nitro groups is 1. The average Bonchev–Trinajstić information content (AvgIpc) is 2.49. The zero-order valence-electron chi connectivity index (χ0n) is 11.2. The van der Waals surface area contributed by atoms with Gasteiger partial charge in [0.1, 0.15) is 11.5 Å². The molecular weight excluding hydrogens is 307 g/mol. The Balaban J connectivity index is 1.96. The van der Waals surface area contributed by atoms with Crippen LogP contribution in [0.5, 0.6) is 0 Å². The monoisotopic (exact) mass is 318 g/mol. The molecule has 8 heteroatoms. The summed E-state index contributed by atoms with van der Waals surface area (Å²) in [4.78, 5) is 10.4. The van der Waals surface area contributed by atoms with Gasteiger partial charge in [-0.1, -0.05) is 24.3 Å². The van der Waals surface area contributed by atoms with E-state index in [4.69, 9.17) is 12.2 Å². The molecule has 0 spiro atoms. The fourth-order valence-electron chi connectivity index (χ4n) is 1.60. The summed E-state index contributed by atoms with van der Waals surface area (Å²) in [5.74, 6) is -0.335. The molecule has 0 saturated heterocycles. The number of benzene rings is 2. The third kappa shape index (κ3) is 4.32. The minimum atomic E-state index is -0.507. The molecule has 0 radical (unpaired) electrons. The van der Waals surface area contributed by atoms with Crippen molar-refractivity contribution in [2.75, 3.05) is 5.32 Å². The fourth-order valence-corrected chi connectivity index (χ4v) is 1.77. The molecule has 0 amide bonds. The van der Waals surface area contributed by atoms with Gasteiger partial charge < -0.3 is 5.32 Å². The molecule has 0 bridgehead atoms. The number of hydrazone groups is 1. The Morgan fingerprint density at radius 1 is 1.23 bits per heavy atom. The molecule has 6 nitrogen and oxygen atoms in total. The summed E-state index contributed by atoms with van der Waals surface area (Å²) in [7, 11) is 0. The maximum absolute atomic E-state index is 12.7. The number of thiocarbonyl (C=S) groups is 1. The lowest BCUT2D eigenvalue weighted by Gasteiger charge is -2.07. The van der Waals surface area contributed by atoms with Gasteiger partial charge in [-0.25, -0.2) is 4.39 Å². The van der Waals surface area contributed by atoms with Crippen LogP contribution in [0.15, 0.2) is 53.6 Å². The summed E-state index contributed by atoms with van der Waals surface area (Å²) < 4.78 is 12.7. The highest BCUT2D eigenvalue weighted by Crippen LogP contribution is 2.22. The minimum Gasteiger partial charge on any atom is -0.326 e. The third-order valence-corrected chi connectivity index (χ3v) is 2.79. The number of rotatable bonds is 4. The maximum Gasteiger partial charge on any atom is 0.292 e. The standard InChI is InChI=1S/C14H11FN4O2S/c15-11-7-5-10(6-8-11)9-16-18-14(22)17-12-3-1-2-4-13(12)19(20)21/h1-9H,(H2,17,18,22)/b16-9-. The number of para-hydroxylation sites is 2. The van der Waals surface area contributed by atoms with Crippen molar-refractivity contribution < 1.29 is 9.31 Å². The van der Waals surface area contributed by atoms with Crippen molar-refractivity contribution >= 4 is 34.9 Å². The summed E-state index contributed by atoms with van der Waals surface area (Å²) in [5, 5.41) is 17.5. The normalized spacial score (nSPS) is 10.4. The zero-order valence-corrected chi connectivity index (χ0v) is 12.0. The molecule has 0 aliphatic heterocycles. The number of hydrogen-bond donors (Lipinski definition) is 2. The van der Waals surface area contributed by atoms with Gasteiger partial charge in [0.05, 0.1) is 11.1 Å². The lowest BCUT2D eigenvalue weighted by atomic mass is 10.2. The van der Waals surface area contributed by atoms with Crippen molar-refractivity contribution in [3.63, 3.8) is 0 Å². The van der Waals surface area contributed by atoms with E-state index in [0.29, 0.717) is 5.56 Å². The van der Waals surface area contributed by atoms with Crippen molar-refractivity contribution in [1.82, 2.24) is 5.43 Å². The first-order valence-electron chi connectivity index (χ1n) is 6.15. The fraction of sp³-hybridized carbons (Fsp3) is 0. The van der Waals surface area contributed by atoms with E-state index in [1.807, 2.05) is 0 Å². The Bertz CT molecular complexity index is 719. The van der Waals surface area contributed by atoms with Crippen LogP contribution in [0.2, 0.25) is 0 Å². The Hall–Kier alpha value is -2.87. The number of nitrogens with zero attached hydrogens (tertiary/aromatic N) is 2. The van der Waals surface area contributed by atoms with E-state index in [1.165, 1.54) is 30.5 Å². The van der Waals surface area contributed by atoms with Crippen LogP contribution in [0.3, 0.4) is 0 Å². The van der Waals surface area contributed by atoms with Gasteiger partial charge in [0, 0.05) is 6.07 Å². The summed E-state index contributed by atoms with van der Waals surface area (Å²) in [6.07, 6.45) is 1.45. The first-order chi connectivity index (χ1) is 10.6. The van der Waals surface area contributed by atoms with Crippen LogP contribution in [0.1, 0.15) is 5.56 Å². The van der Waals surface area contributed by atoms with Gasteiger partial charge in [0.15, 0.2) is 5.11 Å². The van der Waals surface area contributed by atoms with E-state index in [2.05, 4.69) is 15.8 Å². The summed E-state index contributed by atoms with van der Waals surface area (Å²) >= 11 is 5.00. The number of nitro benzene ring substituents is 1. The molecule has 0 heterocycles. The van der Waals surface area contributed by atoms with E-state index in [9.17, 15) is 14.5 Å². The van der Waals surface area contributed by atoms with Crippen molar-refractivity contribution in [1.29, 1.82) is 0 Å². The van der Waals surface area contributed by atoms with Crippen molar-refractivity contribution in [2.24, 2.45) is 5.10 Å². The Kier molecular flexibility index (Phi) is 5.10. The Morgan fingerprint density at radius 2 is 1.91 bits per heavy atom. The van der Waals surface area contributed by atoms with Gasteiger partial charge in [-0.05, 0) is 36.0 Å². The minimum absolute atomic E-state index is 0.0887. The molecule has 0 atom stereocenters. The third-order valence-electron chi connectivity index (χ3n) is 2.60. The maximum atomic E-state index is 12.7. The summed E-state index contributed by atoms with van der Waals surface area (Å²) in [6, 6.07) is 11.9. The molecular formula is C14H11FN4O2S. The van der Waals surface area contributed by atoms with E-state index < -0.39 is 4.92 Å². The summed E-state index contributed by atoms with van der Waals surface area (Å²) in [6.45, 7) is 0. The molecule has 2 aromatic carbocycles. The molecule has 0 aromatic heterocycles. The highest BCUT2D eigenvalue weighted by atomic mass is 32.1. The quantitative estimate of drug-likeness (QED) is 0.392.